The van der Waals surface area contributed by atoms with Crippen molar-refractivity contribution < 1.29 is 4.79 Å². The van der Waals surface area contributed by atoms with Crippen LogP contribution < -0.4 is 11.1 Å². The molecule has 152 valence electrons. The molecule has 0 aromatic carbocycles. The molecular formula is C22H41ClN2O. The molecule has 0 radical (unpaired) electrons. The molecule has 0 saturated heterocycles. The number of hydrogen-bond acceptors (Lipinski definition) is 2. The van der Waals surface area contributed by atoms with Gasteiger partial charge < -0.3 is 11.1 Å². The van der Waals surface area contributed by atoms with E-state index in [0.29, 0.717) is 25.4 Å². The molecule has 0 aliphatic carbocycles. The molecule has 1 unspecified atom stereocenters. The van der Waals surface area contributed by atoms with Crippen LogP contribution in [0.15, 0.2) is 34.9 Å². The monoisotopic (exact) mass is 384 g/mol. The van der Waals surface area contributed by atoms with E-state index in [9.17, 15) is 4.79 Å². The van der Waals surface area contributed by atoms with E-state index in [1.807, 2.05) is 0 Å². The van der Waals surface area contributed by atoms with E-state index in [4.69, 9.17) is 5.73 Å². The van der Waals surface area contributed by atoms with Crippen LogP contribution in [0.5, 0.6) is 0 Å². The van der Waals surface area contributed by atoms with Gasteiger partial charge in [-0.05, 0) is 72.1 Å². The predicted molar refractivity (Wildman–Crippen MR) is 118 cm³/mol. The third-order valence-corrected chi connectivity index (χ3v) is 4.28. The number of amides is 1. The average molecular weight is 385 g/mol. The molecule has 3 N–H and O–H groups in total. The fourth-order valence-corrected chi connectivity index (χ4v) is 2.66. The molecule has 0 heterocycles. The summed E-state index contributed by atoms with van der Waals surface area (Å²) >= 11 is 0. The second kappa shape index (κ2) is 17.4. The summed E-state index contributed by atoms with van der Waals surface area (Å²) in [5.41, 5.74) is 9.73. The topological polar surface area (TPSA) is 55.1 Å². The number of hydrogen-bond donors (Lipinski definition) is 2. The van der Waals surface area contributed by atoms with E-state index in [0.717, 1.165) is 38.5 Å². The van der Waals surface area contributed by atoms with Gasteiger partial charge in [-0.1, -0.05) is 41.9 Å². The van der Waals surface area contributed by atoms with Crippen molar-refractivity contribution in [1.29, 1.82) is 0 Å². The van der Waals surface area contributed by atoms with Crippen LogP contribution in [0, 0.1) is 5.92 Å². The Morgan fingerprint density at radius 1 is 0.962 bits per heavy atom. The highest BCUT2D eigenvalue weighted by Crippen LogP contribution is 2.15. The van der Waals surface area contributed by atoms with E-state index in [1.54, 1.807) is 0 Å². The van der Waals surface area contributed by atoms with Gasteiger partial charge in [0.2, 0.25) is 5.91 Å². The minimum atomic E-state index is 0. The van der Waals surface area contributed by atoms with Crippen molar-refractivity contribution in [2.75, 3.05) is 13.1 Å². The smallest absolute Gasteiger partial charge is 0.220 e. The molecule has 0 aliphatic heterocycles. The maximum atomic E-state index is 11.6. The highest BCUT2D eigenvalue weighted by Gasteiger charge is 2.07. The molecule has 0 fully saturated rings. The molecule has 0 spiro atoms. The van der Waals surface area contributed by atoms with Crippen LogP contribution in [0.25, 0.3) is 0 Å². The van der Waals surface area contributed by atoms with Crippen LogP contribution in [0.2, 0.25) is 0 Å². The summed E-state index contributed by atoms with van der Waals surface area (Å²) in [5, 5.41) is 2.83. The number of nitrogens with two attached hydrogens (primary N) is 1. The molecule has 0 saturated carbocycles. The first-order chi connectivity index (χ1) is 11.8. The van der Waals surface area contributed by atoms with Gasteiger partial charge in [0.25, 0.3) is 0 Å². The molecule has 0 aromatic heterocycles. The zero-order valence-corrected chi connectivity index (χ0v) is 18.4. The molecule has 0 aromatic rings. The summed E-state index contributed by atoms with van der Waals surface area (Å²) in [5.74, 6) is 0.534. The van der Waals surface area contributed by atoms with Crippen molar-refractivity contribution in [3.63, 3.8) is 0 Å². The van der Waals surface area contributed by atoms with Gasteiger partial charge in [-0.15, -0.1) is 12.4 Å². The highest BCUT2D eigenvalue weighted by molar-refractivity contribution is 5.85. The van der Waals surface area contributed by atoms with Crippen molar-refractivity contribution in [1.82, 2.24) is 5.32 Å². The van der Waals surface area contributed by atoms with E-state index >= 15 is 0 Å². The first kappa shape index (κ1) is 27.2. The third kappa shape index (κ3) is 17.8. The van der Waals surface area contributed by atoms with Crippen molar-refractivity contribution in [2.24, 2.45) is 11.7 Å². The summed E-state index contributed by atoms with van der Waals surface area (Å²) in [7, 11) is 0. The van der Waals surface area contributed by atoms with Gasteiger partial charge in [-0.3, -0.25) is 4.79 Å². The lowest BCUT2D eigenvalue weighted by Gasteiger charge is -2.10. The van der Waals surface area contributed by atoms with Crippen LogP contribution in [-0.2, 0) is 4.79 Å². The Labute approximate surface area is 168 Å². The number of carbonyl (C=O) groups excluding carboxylic acids is 1. The summed E-state index contributed by atoms with van der Waals surface area (Å²) in [6, 6.07) is 0. The average Bonchev–Trinajstić information content (AvgIpc) is 2.52. The largest absolute Gasteiger partial charge is 0.355 e. The lowest BCUT2D eigenvalue weighted by Crippen LogP contribution is -2.29. The molecule has 1 amide bonds. The molecule has 4 heteroatoms. The van der Waals surface area contributed by atoms with Crippen LogP contribution in [0.4, 0.5) is 0 Å². The van der Waals surface area contributed by atoms with Gasteiger partial charge in [0, 0.05) is 19.5 Å². The number of rotatable bonds is 13. The van der Waals surface area contributed by atoms with Gasteiger partial charge in [0.15, 0.2) is 0 Å². The Bertz CT molecular complexity index is 463. The van der Waals surface area contributed by atoms with E-state index in [1.165, 1.54) is 16.7 Å². The lowest BCUT2D eigenvalue weighted by atomic mass is 9.99. The summed E-state index contributed by atoms with van der Waals surface area (Å²) < 4.78 is 0. The van der Waals surface area contributed by atoms with Crippen molar-refractivity contribution in [2.45, 2.75) is 79.6 Å². The van der Waals surface area contributed by atoms with Crippen LogP contribution in [0.1, 0.15) is 79.6 Å². The van der Waals surface area contributed by atoms with Gasteiger partial charge in [0.05, 0.1) is 0 Å². The summed E-state index contributed by atoms with van der Waals surface area (Å²) in [6.07, 6.45) is 14.3. The second-order valence-corrected chi connectivity index (χ2v) is 7.49. The lowest BCUT2D eigenvalue weighted by molar-refractivity contribution is -0.121. The maximum Gasteiger partial charge on any atom is 0.220 e. The van der Waals surface area contributed by atoms with Crippen LogP contribution in [-0.4, -0.2) is 19.0 Å². The minimum absolute atomic E-state index is 0. The molecule has 1 atom stereocenters. The van der Waals surface area contributed by atoms with Crippen molar-refractivity contribution in [3.05, 3.63) is 34.9 Å². The first-order valence-electron chi connectivity index (χ1n) is 9.76. The Morgan fingerprint density at radius 2 is 1.50 bits per heavy atom. The number of halogens is 1. The van der Waals surface area contributed by atoms with Crippen LogP contribution >= 0.6 is 12.4 Å². The van der Waals surface area contributed by atoms with Crippen molar-refractivity contribution in [3.8, 4) is 0 Å². The number of allylic oxidation sites excluding steroid dienone is 6. The Balaban J connectivity index is 0. The van der Waals surface area contributed by atoms with E-state index in [-0.39, 0.29) is 18.3 Å². The highest BCUT2D eigenvalue weighted by atomic mass is 35.5. The van der Waals surface area contributed by atoms with E-state index < -0.39 is 0 Å². The van der Waals surface area contributed by atoms with E-state index in [2.05, 4.69) is 58.2 Å². The quantitative estimate of drug-likeness (QED) is 0.399. The van der Waals surface area contributed by atoms with Gasteiger partial charge in [0.1, 0.15) is 0 Å². The van der Waals surface area contributed by atoms with Gasteiger partial charge >= 0.3 is 0 Å². The fourth-order valence-electron chi connectivity index (χ4n) is 2.66. The molecular weight excluding hydrogens is 344 g/mol. The maximum absolute atomic E-state index is 11.6. The van der Waals surface area contributed by atoms with Gasteiger partial charge in [-0.2, -0.15) is 0 Å². The molecule has 0 rings (SSSR count). The predicted octanol–water partition coefficient (Wildman–Crippen LogP) is 5.71. The summed E-state index contributed by atoms with van der Waals surface area (Å²) in [6.45, 7) is 12.0. The standard InChI is InChI=1S/C22H40N2O.ClH/c1-18(2)9-6-10-19(3)11-7-12-20(4)13-8-14-21(5)17-22(25)24-16-15-23;/h9,11,13,21H,6-8,10,12,14-17,23H2,1-5H3,(H,24,25);1H. The minimum Gasteiger partial charge on any atom is -0.355 e. The second-order valence-electron chi connectivity index (χ2n) is 7.49. The number of nitrogens with one attached hydrogen (secondary N) is 1. The van der Waals surface area contributed by atoms with Gasteiger partial charge in [-0.25, -0.2) is 0 Å². The van der Waals surface area contributed by atoms with Crippen molar-refractivity contribution >= 4 is 18.3 Å². The number of carbonyl (C=O) groups is 1. The molecule has 3 nitrogen and oxygen atoms in total. The molecule has 0 aliphatic rings. The zero-order chi connectivity index (χ0) is 19.1. The SMILES string of the molecule is CC(C)=CCCC(C)=CCCC(C)=CCCC(C)CC(=O)NCCN.Cl. The Kier molecular flexibility index (Phi) is 18.1. The zero-order valence-electron chi connectivity index (χ0n) is 17.6. The fraction of sp³-hybridized carbons (Fsp3) is 0.682. The Morgan fingerprint density at radius 3 is 2.04 bits per heavy atom. The summed E-state index contributed by atoms with van der Waals surface area (Å²) in [4.78, 5) is 11.6. The molecule has 0 bridgehead atoms. The molecule has 26 heavy (non-hydrogen) atoms. The third-order valence-electron chi connectivity index (χ3n) is 4.28. The first-order valence-corrected chi connectivity index (χ1v) is 9.76. The normalized spacial score (nSPS) is 13.0. The Hall–Kier alpha value is -1.06. The van der Waals surface area contributed by atoms with Crippen LogP contribution in [0.3, 0.4) is 0 Å².